The average molecular weight is 393 g/mol. The monoisotopic (exact) mass is 392 g/mol. The van der Waals surface area contributed by atoms with Gasteiger partial charge in [0, 0.05) is 7.11 Å². The van der Waals surface area contributed by atoms with Crippen molar-refractivity contribution in [3.05, 3.63) is 29.6 Å². The molecular formula is C19H32N6O3+2. The summed E-state index contributed by atoms with van der Waals surface area (Å²) in [7, 11) is 5.06. The van der Waals surface area contributed by atoms with E-state index in [1.54, 1.807) is 26.2 Å². The normalized spacial score (nSPS) is 20.7. The summed E-state index contributed by atoms with van der Waals surface area (Å²) in [4.78, 5) is 3.08. The average Bonchev–Trinajstić information content (AvgIpc) is 3.20. The van der Waals surface area contributed by atoms with Crippen LogP contribution in [0.4, 0.5) is 0 Å². The molecule has 9 heteroatoms. The number of rotatable bonds is 9. The fourth-order valence-corrected chi connectivity index (χ4v) is 3.93. The van der Waals surface area contributed by atoms with Crippen LogP contribution in [0, 0.1) is 0 Å². The number of piperazine rings is 1. The highest BCUT2D eigenvalue weighted by atomic mass is 16.5. The molecule has 28 heavy (non-hydrogen) atoms. The molecule has 1 saturated heterocycles. The Morgan fingerprint density at radius 3 is 2.54 bits per heavy atom. The number of nitrogens with one attached hydrogen (secondary N) is 2. The van der Waals surface area contributed by atoms with Gasteiger partial charge >= 0.3 is 0 Å². The van der Waals surface area contributed by atoms with E-state index in [4.69, 9.17) is 14.2 Å². The number of likely N-dealkylation sites (N-methyl/N-ethyl adjacent to an activating group) is 1. The Morgan fingerprint density at radius 2 is 1.89 bits per heavy atom. The van der Waals surface area contributed by atoms with Crippen LogP contribution in [0.2, 0.25) is 0 Å². The van der Waals surface area contributed by atoms with Gasteiger partial charge in [-0.05, 0) is 35.5 Å². The first-order chi connectivity index (χ1) is 13.7. The molecule has 1 aromatic carbocycles. The van der Waals surface area contributed by atoms with Gasteiger partial charge in [-0.3, -0.25) is 0 Å². The highest BCUT2D eigenvalue weighted by Gasteiger charge is 2.37. The van der Waals surface area contributed by atoms with Crippen molar-refractivity contribution in [2.75, 3.05) is 60.7 Å². The van der Waals surface area contributed by atoms with Gasteiger partial charge in [0.15, 0.2) is 6.04 Å². The number of hydrogen-bond donors (Lipinski definition) is 2. The van der Waals surface area contributed by atoms with Crippen LogP contribution in [0.15, 0.2) is 18.2 Å². The fourth-order valence-electron chi connectivity index (χ4n) is 3.93. The van der Waals surface area contributed by atoms with Gasteiger partial charge in [0.1, 0.15) is 37.7 Å². The van der Waals surface area contributed by atoms with Crippen LogP contribution >= 0.6 is 0 Å². The van der Waals surface area contributed by atoms with Crippen molar-refractivity contribution in [1.82, 2.24) is 20.2 Å². The maximum absolute atomic E-state index is 5.70. The lowest BCUT2D eigenvalue weighted by atomic mass is 10.0. The van der Waals surface area contributed by atoms with Crippen molar-refractivity contribution in [2.24, 2.45) is 0 Å². The summed E-state index contributed by atoms with van der Waals surface area (Å²) in [6, 6.07) is 5.89. The minimum Gasteiger partial charge on any atom is -0.497 e. The van der Waals surface area contributed by atoms with Gasteiger partial charge in [0.2, 0.25) is 5.82 Å². The predicted molar refractivity (Wildman–Crippen MR) is 103 cm³/mol. The molecule has 0 amide bonds. The SMILES string of the molecule is CC[NH+]1CC[NH+]([C@H](c2cc(OC)ccc2OC)c2nnnn2CCOC)CC1. The molecule has 3 rings (SSSR count). The quantitative estimate of drug-likeness (QED) is 0.526. The highest BCUT2D eigenvalue weighted by molar-refractivity contribution is 5.43. The molecule has 2 heterocycles. The third-order valence-corrected chi connectivity index (χ3v) is 5.58. The summed E-state index contributed by atoms with van der Waals surface area (Å²) < 4.78 is 18.3. The summed E-state index contributed by atoms with van der Waals surface area (Å²) in [6.07, 6.45) is 0. The fraction of sp³-hybridized carbons (Fsp3) is 0.632. The molecule has 0 unspecified atom stereocenters. The Hall–Kier alpha value is -2.23. The molecule has 1 atom stereocenters. The van der Waals surface area contributed by atoms with Crippen LogP contribution in [0.3, 0.4) is 0 Å². The van der Waals surface area contributed by atoms with E-state index in [9.17, 15) is 0 Å². The van der Waals surface area contributed by atoms with Gasteiger partial charge in [-0.2, -0.15) is 0 Å². The summed E-state index contributed by atoms with van der Waals surface area (Å²) in [5.74, 6) is 2.46. The van der Waals surface area contributed by atoms with Crippen LogP contribution in [-0.4, -0.2) is 80.9 Å². The summed E-state index contributed by atoms with van der Waals surface area (Å²) in [6.45, 7) is 8.93. The number of benzene rings is 1. The van der Waals surface area contributed by atoms with Crippen LogP contribution in [-0.2, 0) is 11.3 Å². The smallest absolute Gasteiger partial charge is 0.214 e. The topological polar surface area (TPSA) is 80.2 Å². The molecule has 9 nitrogen and oxygen atoms in total. The zero-order valence-corrected chi connectivity index (χ0v) is 17.3. The summed E-state index contributed by atoms with van der Waals surface area (Å²) in [5.41, 5.74) is 1.05. The Balaban J connectivity index is 2.02. The number of aromatic nitrogens is 4. The minimum absolute atomic E-state index is 0.0321. The molecule has 0 radical (unpaired) electrons. The van der Waals surface area contributed by atoms with Crippen LogP contribution in [0.1, 0.15) is 24.4 Å². The minimum atomic E-state index is -0.0321. The first-order valence-corrected chi connectivity index (χ1v) is 9.86. The molecule has 154 valence electrons. The van der Waals surface area contributed by atoms with E-state index in [0.29, 0.717) is 13.2 Å². The second-order valence-corrected chi connectivity index (χ2v) is 7.06. The van der Waals surface area contributed by atoms with Crippen molar-refractivity contribution >= 4 is 0 Å². The lowest BCUT2D eigenvalue weighted by Crippen LogP contribution is -3.28. The Bertz CT molecular complexity index is 745. The number of tetrazole rings is 1. The molecule has 1 aromatic heterocycles. The third-order valence-electron chi connectivity index (χ3n) is 5.58. The first-order valence-electron chi connectivity index (χ1n) is 9.86. The van der Waals surface area contributed by atoms with Gasteiger partial charge in [0.05, 0.1) is 39.5 Å². The van der Waals surface area contributed by atoms with E-state index in [1.807, 2.05) is 22.9 Å². The summed E-state index contributed by atoms with van der Waals surface area (Å²) in [5, 5.41) is 12.6. The number of quaternary nitrogens is 2. The lowest BCUT2D eigenvalue weighted by molar-refractivity contribution is -1.02. The first kappa shape index (κ1) is 20.5. The Morgan fingerprint density at radius 1 is 1.11 bits per heavy atom. The highest BCUT2D eigenvalue weighted by Crippen LogP contribution is 2.30. The molecule has 1 aliphatic heterocycles. The number of methoxy groups -OCH3 is 3. The van der Waals surface area contributed by atoms with Gasteiger partial charge in [-0.25, -0.2) is 4.68 Å². The van der Waals surface area contributed by atoms with E-state index in [0.717, 1.165) is 55.6 Å². The third kappa shape index (κ3) is 4.43. The van der Waals surface area contributed by atoms with E-state index in [1.165, 1.54) is 4.90 Å². The van der Waals surface area contributed by atoms with Gasteiger partial charge in [-0.15, -0.1) is 5.10 Å². The van der Waals surface area contributed by atoms with Crippen molar-refractivity contribution in [3.63, 3.8) is 0 Å². The number of hydrogen-bond acceptors (Lipinski definition) is 6. The van der Waals surface area contributed by atoms with Gasteiger partial charge in [-0.1, -0.05) is 0 Å². The summed E-state index contributed by atoms with van der Waals surface area (Å²) >= 11 is 0. The Kier molecular flexibility index (Phi) is 7.18. The van der Waals surface area contributed by atoms with E-state index in [2.05, 4.69) is 22.4 Å². The molecule has 2 N–H and O–H groups in total. The second-order valence-electron chi connectivity index (χ2n) is 7.06. The van der Waals surface area contributed by atoms with Crippen molar-refractivity contribution in [2.45, 2.75) is 19.5 Å². The van der Waals surface area contributed by atoms with Gasteiger partial charge < -0.3 is 24.0 Å². The van der Waals surface area contributed by atoms with Crippen LogP contribution < -0.4 is 19.3 Å². The van der Waals surface area contributed by atoms with E-state index >= 15 is 0 Å². The molecule has 1 aliphatic rings. The van der Waals surface area contributed by atoms with Crippen molar-refractivity contribution in [3.8, 4) is 11.5 Å². The lowest BCUT2D eigenvalue weighted by Gasteiger charge is -2.34. The number of ether oxygens (including phenoxy) is 3. The zero-order valence-electron chi connectivity index (χ0n) is 17.3. The molecule has 2 aromatic rings. The standard InChI is InChI=1S/C19H30N6O3/c1-5-23-8-10-24(11-9-23)18(19-20-21-22-25(19)12-13-26-2)16-14-15(27-3)6-7-17(16)28-4/h6-7,14,18H,5,8-13H2,1-4H3/p+2/t18-/m1/s1. The largest absolute Gasteiger partial charge is 0.497 e. The Labute approximate surface area is 166 Å². The predicted octanol–water partition coefficient (Wildman–Crippen LogP) is -1.77. The molecule has 0 spiro atoms. The molecule has 1 fully saturated rings. The molecule has 0 saturated carbocycles. The van der Waals surface area contributed by atoms with Crippen LogP contribution in [0.5, 0.6) is 11.5 Å². The molecular weight excluding hydrogens is 360 g/mol. The zero-order chi connectivity index (χ0) is 19.9. The maximum Gasteiger partial charge on any atom is 0.214 e. The number of nitrogens with zero attached hydrogens (tertiary/aromatic N) is 4. The van der Waals surface area contributed by atoms with Crippen LogP contribution in [0.25, 0.3) is 0 Å². The second kappa shape index (κ2) is 9.81. The van der Waals surface area contributed by atoms with Crippen molar-refractivity contribution in [1.29, 1.82) is 0 Å². The maximum atomic E-state index is 5.70. The van der Waals surface area contributed by atoms with Gasteiger partial charge in [0.25, 0.3) is 0 Å². The van der Waals surface area contributed by atoms with E-state index < -0.39 is 0 Å². The molecule has 0 bridgehead atoms. The molecule has 0 aliphatic carbocycles. The van der Waals surface area contributed by atoms with E-state index in [-0.39, 0.29) is 6.04 Å². The van der Waals surface area contributed by atoms with Crippen molar-refractivity contribution < 1.29 is 24.0 Å².